The van der Waals surface area contributed by atoms with Crippen molar-refractivity contribution in [3.05, 3.63) is 42.1 Å². The van der Waals surface area contributed by atoms with Crippen LogP contribution in [-0.2, 0) is 0 Å². The van der Waals surface area contributed by atoms with Crippen molar-refractivity contribution < 1.29 is 23.4 Å². The summed E-state index contributed by atoms with van der Waals surface area (Å²) in [4.78, 5) is 20.7. The number of halogens is 2. The fraction of sp³-hybridized carbons (Fsp3) is 0.476. The minimum atomic E-state index is -1.19. The van der Waals surface area contributed by atoms with Crippen LogP contribution >= 0.6 is 0 Å². The van der Waals surface area contributed by atoms with E-state index in [2.05, 4.69) is 14.9 Å². The fourth-order valence-corrected chi connectivity index (χ4v) is 3.43. The highest BCUT2D eigenvalue weighted by Gasteiger charge is 2.25. The van der Waals surface area contributed by atoms with E-state index in [4.69, 9.17) is 9.84 Å². The first-order valence-electron chi connectivity index (χ1n) is 9.60. The molecule has 29 heavy (non-hydrogen) atoms. The normalized spacial score (nSPS) is 16.0. The molecule has 0 bridgehead atoms. The highest BCUT2D eigenvalue weighted by Crippen LogP contribution is 2.26. The van der Waals surface area contributed by atoms with Gasteiger partial charge in [-0.2, -0.15) is 0 Å². The molecule has 0 atom stereocenters. The lowest BCUT2D eigenvalue weighted by Gasteiger charge is -2.34. The Labute approximate surface area is 168 Å². The van der Waals surface area contributed by atoms with Gasteiger partial charge < -0.3 is 14.7 Å². The number of aromatic carboxylic acids is 1. The van der Waals surface area contributed by atoms with Crippen LogP contribution < -0.4 is 4.74 Å². The first-order chi connectivity index (χ1) is 13.7. The molecule has 0 radical (unpaired) electrons. The number of nitrogens with zero attached hydrogens (tertiary/aromatic N) is 3. The molecule has 1 N–H and O–H groups in total. The van der Waals surface area contributed by atoms with Gasteiger partial charge in [0.2, 0.25) is 0 Å². The molecule has 156 valence electrons. The average Bonchev–Trinajstić information content (AvgIpc) is 2.66. The molecule has 0 aliphatic carbocycles. The molecule has 3 rings (SSSR count). The maximum atomic E-state index is 14.5. The lowest BCUT2D eigenvalue weighted by Crippen LogP contribution is -2.41. The van der Waals surface area contributed by atoms with E-state index in [0.717, 1.165) is 32.1 Å². The maximum Gasteiger partial charge on any atom is 0.356 e. The molecule has 1 aliphatic rings. The Bertz CT molecular complexity index is 845. The summed E-state index contributed by atoms with van der Waals surface area (Å²) >= 11 is 0. The van der Waals surface area contributed by atoms with Crippen molar-refractivity contribution in [3.63, 3.8) is 0 Å². The molecular formula is C21H25F2N3O3. The number of hydrogen-bond donors (Lipinski definition) is 1. The number of alkyl halides is 1. The zero-order valence-electron chi connectivity index (χ0n) is 16.6. The fourth-order valence-electron chi connectivity index (χ4n) is 3.43. The first-order valence-corrected chi connectivity index (χ1v) is 9.60. The largest absolute Gasteiger partial charge is 0.493 e. The van der Waals surface area contributed by atoms with Gasteiger partial charge >= 0.3 is 5.97 Å². The highest BCUT2D eigenvalue weighted by molar-refractivity contribution is 5.85. The molecule has 0 spiro atoms. The van der Waals surface area contributed by atoms with Crippen molar-refractivity contribution in [1.29, 1.82) is 0 Å². The van der Waals surface area contributed by atoms with Gasteiger partial charge in [0.15, 0.2) is 5.69 Å². The van der Waals surface area contributed by atoms with Crippen LogP contribution in [0.3, 0.4) is 0 Å². The lowest BCUT2D eigenvalue weighted by molar-refractivity contribution is 0.0690. The lowest BCUT2D eigenvalue weighted by atomic mass is 9.97. The summed E-state index contributed by atoms with van der Waals surface area (Å²) in [7, 11) is 0. The summed E-state index contributed by atoms with van der Waals surface area (Å²) in [5.41, 5.74) is -0.914. The second-order valence-electron chi connectivity index (χ2n) is 7.98. The number of ether oxygens (including phenoxy) is 1. The molecular weight excluding hydrogens is 380 g/mol. The van der Waals surface area contributed by atoms with Gasteiger partial charge in [-0.05, 0) is 57.8 Å². The Morgan fingerprint density at radius 1 is 1.28 bits per heavy atom. The predicted molar refractivity (Wildman–Crippen MR) is 104 cm³/mol. The molecule has 2 heterocycles. The number of likely N-dealkylation sites (tertiary alicyclic amines) is 1. The predicted octanol–water partition coefficient (Wildman–Crippen LogP) is 3.82. The average molecular weight is 405 g/mol. The van der Waals surface area contributed by atoms with Crippen LogP contribution in [0.2, 0.25) is 0 Å². The van der Waals surface area contributed by atoms with Gasteiger partial charge in [0.25, 0.3) is 0 Å². The zero-order valence-corrected chi connectivity index (χ0v) is 16.6. The van der Waals surface area contributed by atoms with Crippen LogP contribution in [-0.4, -0.2) is 57.9 Å². The standard InChI is InChI=1S/C21H25F2N3O3/c1-21(2,23)13-26-7-5-14(6-8-26)12-29-15-3-4-16(17(22)9-15)18-10-25-19(11-24-18)20(27)28/h3-4,9-11,14H,5-8,12-13H2,1-2H3,(H,27,28). The van der Waals surface area contributed by atoms with Crippen LogP contribution in [0.1, 0.15) is 37.2 Å². The monoisotopic (exact) mass is 405 g/mol. The third kappa shape index (κ3) is 5.93. The Morgan fingerprint density at radius 3 is 2.55 bits per heavy atom. The Balaban J connectivity index is 1.54. The Kier molecular flexibility index (Phi) is 6.42. The van der Waals surface area contributed by atoms with E-state index in [9.17, 15) is 13.6 Å². The van der Waals surface area contributed by atoms with E-state index >= 15 is 0 Å². The number of carbonyl (C=O) groups is 1. The maximum absolute atomic E-state index is 14.5. The summed E-state index contributed by atoms with van der Waals surface area (Å²) in [5.74, 6) is -0.924. The van der Waals surface area contributed by atoms with Crippen molar-refractivity contribution >= 4 is 5.97 Å². The minimum absolute atomic E-state index is 0.199. The van der Waals surface area contributed by atoms with Gasteiger partial charge in [0.1, 0.15) is 17.2 Å². The first kappa shape index (κ1) is 21.1. The van der Waals surface area contributed by atoms with Crippen molar-refractivity contribution in [1.82, 2.24) is 14.9 Å². The summed E-state index contributed by atoms with van der Waals surface area (Å²) in [6.07, 6.45) is 4.16. The Morgan fingerprint density at radius 2 is 2.00 bits per heavy atom. The van der Waals surface area contributed by atoms with E-state index in [0.29, 0.717) is 24.8 Å². The molecule has 0 unspecified atom stereocenters. The van der Waals surface area contributed by atoms with Crippen molar-refractivity contribution in [2.24, 2.45) is 5.92 Å². The van der Waals surface area contributed by atoms with E-state index in [1.807, 2.05) is 0 Å². The summed E-state index contributed by atoms with van der Waals surface area (Å²) < 4.78 is 34.0. The quantitative estimate of drug-likeness (QED) is 0.755. The third-order valence-electron chi connectivity index (χ3n) is 4.88. The van der Waals surface area contributed by atoms with E-state index in [1.165, 1.54) is 12.3 Å². The van der Waals surface area contributed by atoms with Crippen LogP contribution in [0, 0.1) is 11.7 Å². The third-order valence-corrected chi connectivity index (χ3v) is 4.88. The van der Waals surface area contributed by atoms with Crippen LogP contribution in [0.5, 0.6) is 5.75 Å². The van der Waals surface area contributed by atoms with Crippen LogP contribution in [0.25, 0.3) is 11.3 Å². The van der Waals surface area contributed by atoms with Crippen molar-refractivity contribution in [2.45, 2.75) is 32.4 Å². The van der Waals surface area contributed by atoms with Gasteiger partial charge in [-0.25, -0.2) is 18.6 Å². The summed E-state index contributed by atoms with van der Waals surface area (Å²) in [5, 5.41) is 8.86. The van der Waals surface area contributed by atoms with Gasteiger partial charge in [-0.15, -0.1) is 0 Å². The molecule has 0 saturated carbocycles. The second-order valence-corrected chi connectivity index (χ2v) is 7.98. The molecule has 1 aliphatic heterocycles. The number of benzene rings is 1. The van der Waals surface area contributed by atoms with Crippen molar-refractivity contribution in [2.75, 3.05) is 26.2 Å². The number of carboxylic acids is 1. The molecule has 8 heteroatoms. The molecule has 6 nitrogen and oxygen atoms in total. The SMILES string of the molecule is CC(C)(F)CN1CCC(COc2ccc(-c3cnc(C(=O)O)cn3)c(F)c2)CC1. The summed E-state index contributed by atoms with van der Waals surface area (Å²) in [6.45, 7) is 5.76. The minimum Gasteiger partial charge on any atom is -0.493 e. The van der Waals surface area contributed by atoms with Gasteiger partial charge in [0.05, 0.1) is 24.7 Å². The second kappa shape index (κ2) is 8.82. The Hall–Kier alpha value is -2.61. The number of piperidine rings is 1. The molecule has 0 amide bonds. The van der Waals surface area contributed by atoms with Gasteiger partial charge in [0, 0.05) is 18.2 Å². The molecule has 2 aromatic rings. The number of carboxylic acid groups (broad SMARTS) is 1. The topological polar surface area (TPSA) is 75.5 Å². The molecule has 1 saturated heterocycles. The van der Waals surface area contributed by atoms with E-state index in [1.54, 1.807) is 26.0 Å². The number of rotatable bonds is 7. The molecule has 1 fully saturated rings. The summed E-state index contributed by atoms with van der Waals surface area (Å²) in [6, 6.07) is 4.50. The zero-order chi connectivity index (χ0) is 21.0. The van der Waals surface area contributed by atoms with Crippen LogP contribution in [0.4, 0.5) is 8.78 Å². The van der Waals surface area contributed by atoms with Gasteiger partial charge in [-0.3, -0.25) is 4.98 Å². The molecule has 1 aromatic carbocycles. The molecule has 1 aromatic heterocycles. The van der Waals surface area contributed by atoms with E-state index < -0.39 is 17.5 Å². The van der Waals surface area contributed by atoms with E-state index in [-0.39, 0.29) is 17.0 Å². The number of hydrogen-bond acceptors (Lipinski definition) is 5. The highest BCUT2D eigenvalue weighted by atomic mass is 19.1. The van der Waals surface area contributed by atoms with Crippen LogP contribution in [0.15, 0.2) is 30.6 Å². The van der Waals surface area contributed by atoms with Crippen molar-refractivity contribution in [3.8, 4) is 17.0 Å². The smallest absolute Gasteiger partial charge is 0.356 e. The van der Waals surface area contributed by atoms with Gasteiger partial charge in [-0.1, -0.05) is 0 Å². The number of aromatic nitrogens is 2.